The molecule has 0 saturated carbocycles. The Labute approximate surface area is 210 Å². The van der Waals surface area contributed by atoms with E-state index in [-0.39, 0.29) is 73.5 Å². The van der Waals surface area contributed by atoms with Crippen molar-refractivity contribution >= 4 is 10.1 Å². The minimum absolute atomic E-state index is 0. The van der Waals surface area contributed by atoms with E-state index in [0.717, 1.165) is 24.8 Å². The first-order valence-corrected chi connectivity index (χ1v) is 10.9. The molecule has 0 aromatic heterocycles. The molecule has 2 rings (SSSR count). The quantitative estimate of drug-likeness (QED) is 0.335. The van der Waals surface area contributed by atoms with Gasteiger partial charge in [0.05, 0.1) is 4.90 Å². The van der Waals surface area contributed by atoms with E-state index >= 15 is 0 Å². The normalized spacial score (nSPS) is 11.1. The van der Waals surface area contributed by atoms with Crippen LogP contribution < -0.4 is 61.2 Å². The summed E-state index contributed by atoms with van der Waals surface area (Å²) in [5.74, 6) is 0.0571. The maximum Gasteiger partial charge on any atom is 1.00 e. The number of hydrogen-bond donors (Lipinski definition) is 1. The number of unbranched alkanes of at least 4 members (excludes halogenated alkanes) is 6. The summed E-state index contributed by atoms with van der Waals surface area (Å²) < 4.78 is 38.1. The number of para-hydroxylation sites is 2. The average molecular weight is 431 g/mol. The smallest absolute Gasteiger partial charge is 0.870 e. The van der Waals surface area contributed by atoms with E-state index in [1.165, 1.54) is 49.9 Å². The van der Waals surface area contributed by atoms with Crippen molar-refractivity contribution in [3.63, 3.8) is 0 Å². The predicted molar refractivity (Wildman–Crippen MR) is 104 cm³/mol. The largest absolute Gasteiger partial charge is 1.00 e. The molecule has 2 aromatic rings. The van der Waals surface area contributed by atoms with Gasteiger partial charge in [-0.3, -0.25) is 4.55 Å². The van der Waals surface area contributed by atoms with Crippen LogP contribution in [0.25, 0.3) is 0 Å². The molecule has 0 aliphatic rings. The molecule has 7 heteroatoms. The van der Waals surface area contributed by atoms with Crippen molar-refractivity contribution in [1.29, 1.82) is 0 Å². The summed E-state index contributed by atoms with van der Waals surface area (Å²) in [6.07, 6.45) is 8.79. The second-order valence-electron chi connectivity index (χ2n) is 6.71. The van der Waals surface area contributed by atoms with Gasteiger partial charge in [0, 0.05) is 6.07 Å². The van der Waals surface area contributed by atoms with E-state index in [1.54, 1.807) is 18.2 Å². The standard InChI is InChI=1S/C21H28O5S.K/c1-2-3-4-5-6-7-8-11-17-14-18(16-19(15-17)27(23,24)25)26-21-13-10-9-12-20(21)22;/h9-10,12-16,22H,2-8,11H2,1H3,(H,23,24,25);/q;+1/p-1. The van der Waals surface area contributed by atoms with Crippen LogP contribution in [0.4, 0.5) is 0 Å². The summed E-state index contributed by atoms with van der Waals surface area (Å²) >= 11 is 0. The van der Waals surface area contributed by atoms with Crippen molar-refractivity contribution < 1.29 is 74.2 Å². The first-order valence-electron chi connectivity index (χ1n) is 9.45. The minimum Gasteiger partial charge on any atom is -0.870 e. The van der Waals surface area contributed by atoms with Gasteiger partial charge in [-0.1, -0.05) is 69.4 Å². The molecule has 0 saturated heterocycles. The fourth-order valence-corrected chi connectivity index (χ4v) is 3.50. The summed E-state index contributed by atoms with van der Waals surface area (Å²) in [7, 11) is -4.35. The molecule has 2 aromatic carbocycles. The molecule has 0 radical (unpaired) electrons. The first kappa shape index (κ1) is 25.6. The molecule has 0 unspecified atom stereocenters. The zero-order valence-corrected chi connectivity index (χ0v) is 20.6. The Morgan fingerprint density at radius 1 is 0.964 bits per heavy atom. The van der Waals surface area contributed by atoms with E-state index in [0.29, 0.717) is 6.42 Å². The summed E-state index contributed by atoms with van der Waals surface area (Å²) in [6.45, 7) is 2.19. The number of rotatable bonds is 11. The molecular formula is C21H27KO5S. The summed E-state index contributed by atoms with van der Waals surface area (Å²) in [5, 5.41) is 11.8. The van der Waals surface area contributed by atoms with Gasteiger partial charge in [0.25, 0.3) is 10.1 Å². The minimum atomic E-state index is -4.35. The molecule has 0 fully saturated rings. The van der Waals surface area contributed by atoms with Crippen molar-refractivity contribution in [2.24, 2.45) is 0 Å². The van der Waals surface area contributed by atoms with Gasteiger partial charge in [-0.05, 0) is 36.6 Å². The molecule has 148 valence electrons. The van der Waals surface area contributed by atoms with Crippen LogP contribution >= 0.6 is 0 Å². The zero-order chi connectivity index (χ0) is 19.7. The third kappa shape index (κ3) is 8.94. The van der Waals surface area contributed by atoms with Crippen molar-refractivity contribution in [2.75, 3.05) is 0 Å². The van der Waals surface area contributed by atoms with Gasteiger partial charge < -0.3 is 9.84 Å². The third-order valence-electron chi connectivity index (χ3n) is 4.38. The Morgan fingerprint density at radius 3 is 2.25 bits per heavy atom. The number of benzene rings is 2. The fourth-order valence-electron chi connectivity index (χ4n) is 2.93. The summed E-state index contributed by atoms with van der Waals surface area (Å²) in [4.78, 5) is -0.221. The van der Waals surface area contributed by atoms with Crippen molar-refractivity contribution in [3.8, 4) is 17.2 Å². The number of aryl methyl sites for hydroxylation is 1. The second kappa shape index (κ2) is 13.0. The van der Waals surface area contributed by atoms with Gasteiger partial charge in [0.15, 0.2) is 0 Å². The Balaban J connectivity index is 0.00000392. The topological polar surface area (TPSA) is 86.7 Å². The molecule has 0 aliphatic carbocycles. The van der Waals surface area contributed by atoms with Crippen LogP contribution in [-0.4, -0.2) is 13.0 Å². The molecule has 0 heterocycles. The molecule has 0 amide bonds. The van der Waals surface area contributed by atoms with E-state index in [1.807, 2.05) is 0 Å². The van der Waals surface area contributed by atoms with Gasteiger partial charge >= 0.3 is 51.4 Å². The molecule has 0 spiro atoms. The van der Waals surface area contributed by atoms with Crippen LogP contribution in [0.15, 0.2) is 47.4 Å². The summed E-state index contributed by atoms with van der Waals surface area (Å²) in [5.41, 5.74) is 0.761. The van der Waals surface area contributed by atoms with Crippen LogP contribution in [0.5, 0.6) is 17.2 Å². The molecule has 0 atom stereocenters. The van der Waals surface area contributed by atoms with Crippen LogP contribution in [0, 0.1) is 0 Å². The first-order chi connectivity index (χ1) is 12.9. The van der Waals surface area contributed by atoms with Crippen LogP contribution in [0.1, 0.15) is 57.4 Å². The Morgan fingerprint density at radius 2 is 1.61 bits per heavy atom. The number of hydrogen-bond acceptors (Lipinski definition) is 4. The van der Waals surface area contributed by atoms with E-state index in [2.05, 4.69) is 6.92 Å². The van der Waals surface area contributed by atoms with Crippen LogP contribution in [-0.2, 0) is 16.5 Å². The van der Waals surface area contributed by atoms with Gasteiger partial charge in [0.1, 0.15) is 11.5 Å². The average Bonchev–Trinajstić information content (AvgIpc) is 2.62. The molecule has 0 aliphatic heterocycles. The molecule has 28 heavy (non-hydrogen) atoms. The van der Waals surface area contributed by atoms with Crippen LogP contribution in [0.2, 0.25) is 0 Å². The van der Waals surface area contributed by atoms with E-state index in [9.17, 15) is 18.1 Å². The monoisotopic (exact) mass is 430 g/mol. The van der Waals surface area contributed by atoms with Crippen molar-refractivity contribution in [1.82, 2.24) is 0 Å². The molecule has 5 nitrogen and oxygen atoms in total. The molecule has 0 bridgehead atoms. The van der Waals surface area contributed by atoms with Gasteiger partial charge in [-0.25, -0.2) is 0 Å². The second-order valence-corrected chi connectivity index (χ2v) is 8.13. The van der Waals surface area contributed by atoms with Crippen LogP contribution in [0.3, 0.4) is 0 Å². The third-order valence-corrected chi connectivity index (χ3v) is 5.22. The van der Waals surface area contributed by atoms with Crippen molar-refractivity contribution in [2.45, 2.75) is 63.2 Å². The molecule has 1 N–H and O–H groups in total. The maximum absolute atomic E-state index is 11.8. The zero-order valence-electron chi connectivity index (χ0n) is 16.7. The van der Waals surface area contributed by atoms with Gasteiger partial charge in [-0.15, -0.1) is 0 Å². The maximum atomic E-state index is 11.8. The Bertz CT molecular complexity index is 836. The SMILES string of the molecule is CCCCCCCCCc1cc(Oc2ccccc2[O-])cc(S(=O)(=O)O)c1.[K+]. The number of ether oxygens (including phenoxy) is 1. The van der Waals surface area contributed by atoms with Gasteiger partial charge in [-0.2, -0.15) is 8.42 Å². The fraction of sp³-hybridized carbons (Fsp3) is 0.429. The van der Waals surface area contributed by atoms with E-state index < -0.39 is 10.1 Å². The molecular weight excluding hydrogens is 403 g/mol. The van der Waals surface area contributed by atoms with Crippen molar-refractivity contribution in [3.05, 3.63) is 48.0 Å². The Hall–Kier alpha value is -0.414. The Kier molecular flexibility index (Phi) is 11.9. The summed E-state index contributed by atoms with van der Waals surface area (Å²) in [6, 6.07) is 10.6. The van der Waals surface area contributed by atoms with Gasteiger partial charge in [0.2, 0.25) is 0 Å². The predicted octanol–water partition coefficient (Wildman–Crippen LogP) is 2.10. The van der Waals surface area contributed by atoms with E-state index in [4.69, 9.17) is 4.74 Å².